The minimum Gasteiger partial charge on any atom is -0.508 e. The van der Waals surface area contributed by atoms with Crippen LogP contribution in [0.15, 0.2) is 48.5 Å². The van der Waals surface area contributed by atoms with Gasteiger partial charge in [-0.1, -0.05) is 36.4 Å². The van der Waals surface area contributed by atoms with Crippen LogP contribution in [-0.2, 0) is 19.3 Å². The standard InChI is InChI=1S/C16H17NO/c17-16(9-12-5-7-15(18)8-6-12)10-13-3-1-2-4-14(13)11-16/h1-8,18H,9-11,17H2. The lowest BCUT2D eigenvalue weighted by Gasteiger charge is -2.23. The number of hydrogen-bond donors (Lipinski definition) is 2. The second kappa shape index (κ2) is 4.14. The SMILES string of the molecule is NC1(Cc2ccc(O)cc2)Cc2ccccc2C1. The number of aromatic hydroxyl groups is 1. The van der Waals surface area contributed by atoms with Gasteiger partial charge < -0.3 is 10.8 Å². The molecule has 0 bridgehead atoms. The van der Waals surface area contributed by atoms with Gasteiger partial charge in [0, 0.05) is 5.54 Å². The van der Waals surface area contributed by atoms with Crippen LogP contribution in [0, 0.1) is 0 Å². The quantitative estimate of drug-likeness (QED) is 0.845. The minimum absolute atomic E-state index is 0.180. The summed E-state index contributed by atoms with van der Waals surface area (Å²) in [5, 5.41) is 9.29. The number of phenolic OH excluding ortho intramolecular Hbond substituents is 1. The first-order chi connectivity index (χ1) is 8.65. The molecule has 18 heavy (non-hydrogen) atoms. The molecule has 0 aromatic heterocycles. The molecule has 0 fully saturated rings. The molecule has 3 N–H and O–H groups in total. The third kappa shape index (κ3) is 2.12. The molecule has 2 aromatic carbocycles. The highest BCUT2D eigenvalue weighted by Crippen LogP contribution is 2.31. The number of hydrogen-bond acceptors (Lipinski definition) is 2. The van der Waals surface area contributed by atoms with E-state index < -0.39 is 0 Å². The maximum Gasteiger partial charge on any atom is 0.115 e. The molecular formula is C16H17NO. The fourth-order valence-corrected chi connectivity index (χ4v) is 2.87. The summed E-state index contributed by atoms with van der Waals surface area (Å²) in [5.74, 6) is 0.305. The summed E-state index contributed by atoms with van der Waals surface area (Å²) in [6, 6.07) is 15.8. The first-order valence-corrected chi connectivity index (χ1v) is 6.28. The van der Waals surface area contributed by atoms with Gasteiger partial charge >= 0.3 is 0 Å². The van der Waals surface area contributed by atoms with Crippen LogP contribution in [0.4, 0.5) is 0 Å². The minimum atomic E-state index is -0.180. The molecule has 2 aromatic rings. The van der Waals surface area contributed by atoms with E-state index in [1.807, 2.05) is 12.1 Å². The van der Waals surface area contributed by atoms with Crippen LogP contribution in [0.25, 0.3) is 0 Å². The van der Waals surface area contributed by atoms with Crippen LogP contribution in [-0.4, -0.2) is 10.6 Å². The molecule has 0 unspecified atom stereocenters. The third-order valence-electron chi connectivity index (χ3n) is 3.70. The van der Waals surface area contributed by atoms with Crippen molar-refractivity contribution in [1.82, 2.24) is 0 Å². The normalized spacial score (nSPS) is 16.5. The Hall–Kier alpha value is -1.80. The molecule has 0 amide bonds. The molecule has 3 rings (SSSR count). The Morgan fingerprint density at radius 1 is 0.944 bits per heavy atom. The Morgan fingerprint density at radius 3 is 2.06 bits per heavy atom. The summed E-state index contributed by atoms with van der Waals surface area (Å²) in [4.78, 5) is 0. The average Bonchev–Trinajstić information content (AvgIpc) is 2.68. The summed E-state index contributed by atoms with van der Waals surface area (Å²) >= 11 is 0. The highest BCUT2D eigenvalue weighted by molar-refractivity contribution is 5.38. The zero-order valence-corrected chi connectivity index (χ0v) is 10.3. The van der Waals surface area contributed by atoms with E-state index in [0.29, 0.717) is 5.75 Å². The third-order valence-corrected chi connectivity index (χ3v) is 3.70. The molecule has 0 saturated heterocycles. The van der Waals surface area contributed by atoms with E-state index in [9.17, 15) is 5.11 Å². The van der Waals surface area contributed by atoms with Crippen LogP contribution in [0.1, 0.15) is 16.7 Å². The maximum absolute atomic E-state index is 9.29. The molecule has 0 radical (unpaired) electrons. The van der Waals surface area contributed by atoms with Gasteiger partial charge in [-0.2, -0.15) is 0 Å². The summed E-state index contributed by atoms with van der Waals surface area (Å²) in [6.45, 7) is 0. The molecule has 1 aliphatic carbocycles. The molecule has 0 aliphatic heterocycles. The van der Waals surface area contributed by atoms with Crippen LogP contribution in [0.2, 0.25) is 0 Å². The number of phenols is 1. The van der Waals surface area contributed by atoms with Crippen LogP contribution in [0.5, 0.6) is 5.75 Å². The van der Waals surface area contributed by atoms with E-state index in [2.05, 4.69) is 24.3 Å². The van der Waals surface area contributed by atoms with Gasteiger partial charge in [0.25, 0.3) is 0 Å². The maximum atomic E-state index is 9.29. The molecule has 0 saturated carbocycles. The summed E-state index contributed by atoms with van der Waals surface area (Å²) in [6.07, 6.45) is 2.72. The number of nitrogens with two attached hydrogens (primary N) is 1. The first kappa shape index (κ1) is 11.3. The largest absolute Gasteiger partial charge is 0.508 e. The molecule has 0 heterocycles. The van der Waals surface area contributed by atoms with Crippen molar-refractivity contribution in [3.05, 3.63) is 65.2 Å². The zero-order chi connectivity index (χ0) is 12.6. The second-order valence-corrected chi connectivity index (χ2v) is 5.33. The monoisotopic (exact) mass is 239 g/mol. The lowest BCUT2D eigenvalue weighted by molar-refractivity contribution is 0.444. The lowest BCUT2D eigenvalue weighted by atomic mass is 9.89. The van der Waals surface area contributed by atoms with Gasteiger partial charge in [-0.15, -0.1) is 0 Å². The summed E-state index contributed by atoms with van der Waals surface area (Å²) in [7, 11) is 0. The van der Waals surface area contributed by atoms with Crippen molar-refractivity contribution in [1.29, 1.82) is 0 Å². The van der Waals surface area contributed by atoms with Crippen LogP contribution in [0.3, 0.4) is 0 Å². The van der Waals surface area contributed by atoms with Gasteiger partial charge in [0.2, 0.25) is 0 Å². The molecule has 0 atom stereocenters. The second-order valence-electron chi connectivity index (χ2n) is 5.33. The van der Waals surface area contributed by atoms with E-state index in [1.54, 1.807) is 12.1 Å². The fourth-order valence-electron chi connectivity index (χ4n) is 2.87. The molecule has 0 spiro atoms. The Balaban J connectivity index is 1.80. The number of rotatable bonds is 2. The van der Waals surface area contributed by atoms with Crippen molar-refractivity contribution in [2.24, 2.45) is 5.73 Å². The van der Waals surface area contributed by atoms with E-state index in [4.69, 9.17) is 5.73 Å². The van der Waals surface area contributed by atoms with Gasteiger partial charge in [-0.25, -0.2) is 0 Å². The molecule has 2 nitrogen and oxygen atoms in total. The van der Waals surface area contributed by atoms with Crippen molar-refractivity contribution in [3.63, 3.8) is 0 Å². The van der Waals surface area contributed by atoms with E-state index in [1.165, 1.54) is 16.7 Å². The molecule has 2 heteroatoms. The van der Waals surface area contributed by atoms with Crippen molar-refractivity contribution < 1.29 is 5.11 Å². The van der Waals surface area contributed by atoms with Crippen molar-refractivity contribution in [2.75, 3.05) is 0 Å². The Labute approximate surface area is 107 Å². The Kier molecular flexibility index (Phi) is 2.60. The predicted octanol–water partition coefficient (Wildman–Crippen LogP) is 2.43. The van der Waals surface area contributed by atoms with E-state index in [-0.39, 0.29) is 5.54 Å². The van der Waals surface area contributed by atoms with Gasteiger partial charge in [-0.05, 0) is 48.1 Å². The first-order valence-electron chi connectivity index (χ1n) is 6.28. The average molecular weight is 239 g/mol. The van der Waals surface area contributed by atoms with Crippen LogP contribution >= 0.6 is 0 Å². The topological polar surface area (TPSA) is 46.2 Å². The summed E-state index contributed by atoms with van der Waals surface area (Å²) < 4.78 is 0. The lowest BCUT2D eigenvalue weighted by Crippen LogP contribution is -2.42. The molecule has 1 aliphatic rings. The molecular weight excluding hydrogens is 222 g/mol. The number of benzene rings is 2. The van der Waals surface area contributed by atoms with Gasteiger partial charge in [-0.3, -0.25) is 0 Å². The highest BCUT2D eigenvalue weighted by atomic mass is 16.3. The Bertz CT molecular complexity index is 535. The fraction of sp³-hybridized carbons (Fsp3) is 0.250. The van der Waals surface area contributed by atoms with Crippen molar-refractivity contribution >= 4 is 0 Å². The van der Waals surface area contributed by atoms with Gasteiger partial charge in [0.1, 0.15) is 5.75 Å². The van der Waals surface area contributed by atoms with Gasteiger partial charge in [0.15, 0.2) is 0 Å². The van der Waals surface area contributed by atoms with Crippen LogP contribution < -0.4 is 5.73 Å². The van der Waals surface area contributed by atoms with Crippen molar-refractivity contribution in [2.45, 2.75) is 24.8 Å². The molecule has 92 valence electrons. The zero-order valence-electron chi connectivity index (χ0n) is 10.3. The summed E-state index contributed by atoms with van der Waals surface area (Å²) in [5.41, 5.74) is 10.3. The highest BCUT2D eigenvalue weighted by Gasteiger charge is 2.33. The van der Waals surface area contributed by atoms with Crippen molar-refractivity contribution in [3.8, 4) is 5.75 Å². The smallest absolute Gasteiger partial charge is 0.115 e. The predicted molar refractivity (Wildman–Crippen MR) is 72.6 cm³/mol. The number of fused-ring (bicyclic) bond motifs is 1. The van der Waals surface area contributed by atoms with E-state index in [0.717, 1.165) is 19.3 Å². The Morgan fingerprint density at radius 2 is 1.50 bits per heavy atom. The van der Waals surface area contributed by atoms with Gasteiger partial charge in [0.05, 0.1) is 0 Å². The van der Waals surface area contributed by atoms with E-state index >= 15 is 0 Å².